The zero-order chi connectivity index (χ0) is 45.3. The van der Waals surface area contributed by atoms with Crippen LogP contribution in [0, 0.1) is 0 Å². The van der Waals surface area contributed by atoms with Crippen molar-refractivity contribution in [1.82, 2.24) is 19.9 Å². The summed E-state index contributed by atoms with van der Waals surface area (Å²) in [6.07, 6.45) is 6.65. The summed E-state index contributed by atoms with van der Waals surface area (Å²) in [6.45, 7) is 0. The number of hydrogen-bond donors (Lipinski definition) is 0. The number of benzene rings is 4. The normalized spacial score (nSPS) is 12.9. The van der Waals surface area contributed by atoms with E-state index >= 15 is 0 Å². The molecule has 3 aromatic heterocycles. The van der Waals surface area contributed by atoms with Crippen LogP contribution in [-0.4, -0.2) is 61.9 Å². The molecule has 2 aliphatic rings. The Morgan fingerprint density at radius 1 is 0.323 bits per heavy atom. The molecule has 0 spiro atoms. The fourth-order valence-electron chi connectivity index (χ4n) is 7.42. The quantitative estimate of drug-likeness (QED) is 0.119. The summed E-state index contributed by atoms with van der Waals surface area (Å²) >= 11 is 0. The first-order valence-corrected chi connectivity index (χ1v) is 24.2. The fraction of sp³-hybridized carbons (Fsp3) is 0. The van der Waals surface area contributed by atoms with Crippen molar-refractivity contribution in [3.05, 3.63) is 144 Å². The number of nitrogens with zero attached hydrogens (tertiary/aromatic N) is 4. The predicted octanol–water partition coefficient (Wildman–Crippen LogP) is 6.31. The Hall–Kier alpha value is -6.26. The van der Waals surface area contributed by atoms with Gasteiger partial charge in [0.15, 0.2) is 0 Å². The van der Waals surface area contributed by atoms with Crippen molar-refractivity contribution in [2.75, 3.05) is 0 Å². The Morgan fingerprint density at radius 2 is 0.508 bits per heavy atom. The molecule has 0 radical (unpaired) electrons. The molecule has 9 rings (SSSR count). The molecular weight excluding hydrogens is 970 g/mol. The van der Waals surface area contributed by atoms with Gasteiger partial charge in [0.05, 0.1) is 42.4 Å². The maximum Gasteiger partial charge on any atom is 2.00 e. The van der Waals surface area contributed by atoms with Crippen LogP contribution in [0.5, 0.6) is 0 Å². The van der Waals surface area contributed by atoms with E-state index in [1.807, 2.05) is 0 Å². The van der Waals surface area contributed by atoms with Gasteiger partial charge in [0.25, 0.3) is 0 Å². The van der Waals surface area contributed by atoms with Crippen LogP contribution in [0.15, 0.2) is 141 Å². The van der Waals surface area contributed by atoms with Crippen molar-refractivity contribution in [3.63, 3.8) is 0 Å². The molecule has 0 N–H and O–H groups in total. The molecule has 4 aromatic carbocycles. The van der Waals surface area contributed by atoms with Crippen molar-refractivity contribution in [2.24, 2.45) is 0 Å². The molecule has 0 unspecified atom stereocenters. The Labute approximate surface area is 385 Å². The Bertz CT molecular complexity index is 3310. The molecule has 2 aliphatic heterocycles. The Kier molecular flexibility index (Phi) is 11.6. The topological polar surface area (TPSA) is 283 Å². The second kappa shape index (κ2) is 16.6. The first kappa shape index (κ1) is 45.3. The van der Waals surface area contributed by atoms with Gasteiger partial charge < -0.3 is 28.2 Å². The summed E-state index contributed by atoms with van der Waals surface area (Å²) in [6, 6.07) is 27.2. The van der Waals surface area contributed by atoms with E-state index in [1.54, 1.807) is 48.6 Å². The van der Waals surface area contributed by atoms with E-state index in [-0.39, 0.29) is 20.9 Å². The van der Waals surface area contributed by atoms with Gasteiger partial charge in [-0.3, -0.25) is 0 Å². The van der Waals surface area contributed by atoms with E-state index in [4.69, 9.17) is 19.9 Å². The number of fused-ring (bicyclic) bond motifs is 8. The molecule has 21 heteroatoms. The smallest absolute Gasteiger partial charge is 0.744 e. The molecule has 16 nitrogen and oxygen atoms in total. The van der Waals surface area contributed by atoms with Crippen LogP contribution in [-0.2, 0) is 60.0 Å². The molecule has 8 bridgehead atoms. The van der Waals surface area contributed by atoms with E-state index in [9.17, 15) is 51.9 Å². The van der Waals surface area contributed by atoms with E-state index in [0.717, 1.165) is 48.5 Å². The molecular formula is C44H25N4O12S4Zn-3. The summed E-state index contributed by atoms with van der Waals surface area (Å²) in [7, 11) is -19.3. The fourth-order valence-corrected chi connectivity index (χ4v) is 9.30. The van der Waals surface area contributed by atoms with Crippen LogP contribution in [0.4, 0.5) is 0 Å². The Balaban J connectivity index is 0.00000324. The van der Waals surface area contributed by atoms with Crippen LogP contribution in [0.3, 0.4) is 0 Å². The molecule has 0 amide bonds. The van der Waals surface area contributed by atoms with Gasteiger partial charge in [-0.2, -0.15) is 0 Å². The van der Waals surface area contributed by atoms with Gasteiger partial charge in [-0.1, -0.05) is 72.8 Å². The molecule has 65 heavy (non-hydrogen) atoms. The zero-order valence-corrected chi connectivity index (χ0v) is 39.1. The summed E-state index contributed by atoms with van der Waals surface area (Å²) in [5.41, 5.74) is 5.63. The van der Waals surface area contributed by atoms with E-state index in [0.29, 0.717) is 89.4 Å². The average molecular weight is 995 g/mol. The van der Waals surface area contributed by atoms with Gasteiger partial charge in [-0.15, -0.1) is 22.1 Å². The van der Waals surface area contributed by atoms with E-state index in [2.05, 4.69) is 0 Å². The third-order valence-electron chi connectivity index (χ3n) is 10.3. The largest absolute Gasteiger partial charge is 2.00 e. The third kappa shape index (κ3) is 8.93. The maximum atomic E-state index is 11.9. The predicted molar refractivity (Wildman–Crippen MR) is 232 cm³/mol. The van der Waals surface area contributed by atoms with Crippen LogP contribution in [0.25, 0.3) is 90.9 Å². The van der Waals surface area contributed by atoms with Crippen molar-refractivity contribution >= 4 is 86.8 Å². The molecule has 0 fully saturated rings. The van der Waals surface area contributed by atoms with Gasteiger partial charge in [-0.05, 0) is 117 Å². The Morgan fingerprint density at radius 3 is 0.677 bits per heavy atom. The van der Waals surface area contributed by atoms with Crippen LogP contribution in [0.2, 0.25) is 0 Å². The third-order valence-corrected chi connectivity index (χ3v) is 13.7. The van der Waals surface area contributed by atoms with Crippen molar-refractivity contribution in [1.29, 1.82) is 0 Å². The summed E-state index contributed by atoms with van der Waals surface area (Å²) in [5.74, 6) is 0. The summed E-state index contributed by atoms with van der Waals surface area (Å²) in [4.78, 5) is 18.0. The van der Waals surface area contributed by atoms with Gasteiger partial charge in [-0.25, -0.2) is 43.6 Å². The average Bonchev–Trinajstić information content (AvgIpc) is 4.08. The maximum absolute atomic E-state index is 11.9. The number of hydrogen-bond acceptors (Lipinski definition) is 14. The number of aromatic nitrogens is 4. The second-order valence-electron chi connectivity index (χ2n) is 14.3. The molecule has 322 valence electrons. The van der Waals surface area contributed by atoms with Crippen LogP contribution in [0.1, 0.15) is 24.2 Å². The van der Waals surface area contributed by atoms with Crippen molar-refractivity contribution in [2.45, 2.75) is 19.6 Å². The zero-order valence-electron chi connectivity index (χ0n) is 33.9. The molecule has 0 saturated carbocycles. The van der Waals surface area contributed by atoms with E-state index in [1.165, 1.54) is 48.5 Å². The first-order valence-electron chi connectivity index (χ1n) is 18.5. The van der Waals surface area contributed by atoms with Gasteiger partial charge in [0, 0.05) is 0 Å². The molecule has 0 atom stereocenters. The van der Waals surface area contributed by atoms with Crippen molar-refractivity contribution in [3.8, 4) is 44.5 Å². The summed E-state index contributed by atoms with van der Waals surface area (Å²) < 4.78 is 143. The molecule has 0 saturated heterocycles. The SMILES string of the molecule is O=S(=O)([O-])c1ccc(-c2c3nc(c(-c4ccc(S(=O)(=O)[O-])cc4)c4ccc([n-]4)c(-c4ccc(S(=O)(=O)[O-])cc4)c4nc(c(-c5ccc(S(=O)(=O)[O-])cc5)c5ccc2[n-]5)C=C4)C=C3)cc1.[H+].[Zn+2]. The van der Waals surface area contributed by atoms with E-state index < -0.39 is 60.1 Å². The van der Waals surface area contributed by atoms with Gasteiger partial charge >= 0.3 is 20.9 Å². The van der Waals surface area contributed by atoms with Gasteiger partial charge in [0.2, 0.25) is 0 Å². The minimum absolute atomic E-state index is 0. The number of rotatable bonds is 8. The van der Waals surface area contributed by atoms with Crippen LogP contribution < -0.4 is 9.97 Å². The summed E-state index contributed by atoms with van der Waals surface area (Å²) in [5, 5.41) is 0. The van der Waals surface area contributed by atoms with Gasteiger partial charge in [0.1, 0.15) is 40.5 Å². The standard InChI is InChI=1S/C44H28N4O12S4.Zn/c49-61(50,51)29-9-1-25(2-10-29)41-33-17-19-35(45-33)42(26-3-11-30(12-4-26)62(52,53)54)37-21-23-39(47-37)44(28-7-15-32(16-8-28)64(58,59)60)40-24-22-38(48-40)43(36-20-18-34(41)46-36)27-5-13-31(14-6-27)63(55,56)57;/h1-24H,(H,49,50,51)(H,52,53,54)(H,55,56,57)(H,58,59,60);/q-2;+2/p-3. The molecule has 5 heterocycles. The van der Waals surface area contributed by atoms with Crippen molar-refractivity contribution < 1.29 is 72.8 Å². The van der Waals surface area contributed by atoms with Crippen LogP contribution >= 0.6 is 0 Å². The monoisotopic (exact) mass is 993 g/mol. The minimum Gasteiger partial charge on any atom is -0.744 e. The molecule has 0 aliphatic carbocycles. The second-order valence-corrected chi connectivity index (χ2v) is 19.8. The minimum atomic E-state index is -4.82. The molecule has 7 aromatic rings. The first-order chi connectivity index (χ1) is 30.2.